The lowest BCUT2D eigenvalue weighted by atomic mass is 10.2. The Kier molecular flexibility index (Phi) is 4.67. The lowest BCUT2D eigenvalue weighted by Gasteiger charge is -2.08. The molecule has 3 heteroatoms. The van der Waals surface area contributed by atoms with Gasteiger partial charge < -0.3 is 4.74 Å². The molecule has 0 aliphatic carbocycles. The second-order valence-electron chi connectivity index (χ2n) is 2.71. The first-order chi connectivity index (χ1) is 6.25. The molecule has 1 aromatic carbocycles. The van der Waals surface area contributed by atoms with E-state index in [2.05, 4.69) is 34.6 Å². The highest BCUT2D eigenvalue weighted by molar-refractivity contribution is 9.09. The van der Waals surface area contributed by atoms with Crippen molar-refractivity contribution >= 4 is 28.6 Å². The van der Waals surface area contributed by atoms with Crippen molar-refractivity contribution in [2.45, 2.75) is 18.2 Å². The summed E-state index contributed by atoms with van der Waals surface area (Å²) in [5.41, 5.74) is 1.06. The number of hydrogen-bond donors (Lipinski definition) is 1. The molecule has 1 rings (SSSR count). The maximum Gasteiger partial charge on any atom is 0.123 e. The molecule has 0 bridgehead atoms. The Morgan fingerprint density at radius 2 is 2.38 bits per heavy atom. The van der Waals surface area contributed by atoms with Crippen LogP contribution in [0, 0.1) is 13.0 Å². The minimum Gasteiger partial charge on any atom is -0.493 e. The third-order valence-electron chi connectivity index (χ3n) is 1.72. The van der Waals surface area contributed by atoms with Gasteiger partial charge in [0.15, 0.2) is 0 Å². The highest BCUT2D eigenvalue weighted by Gasteiger charge is 2.01. The maximum absolute atomic E-state index is 5.56. The van der Waals surface area contributed by atoms with Crippen LogP contribution in [0.1, 0.15) is 12.0 Å². The molecule has 0 fully saturated rings. The van der Waals surface area contributed by atoms with E-state index >= 15 is 0 Å². The molecule has 0 aliphatic heterocycles. The Labute approximate surface area is 93.0 Å². The third-order valence-corrected chi connectivity index (χ3v) is 2.74. The number of rotatable bonds is 4. The quantitative estimate of drug-likeness (QED) is 0.496. The van der Waals surface area contributed by atoms with E-state index in [0.29, 0.717) is 0 Å². The smallest absolute Gasteiger partial charge is 0.123 e. The van der Waals surface area contributed by atoms with Gasteiger partial charge in [0.25, 0.3) is 0 Å². The fourth-order valence-electron chi connectivity index (χ4n) is 0.939. The molecule has 1 nitrogen and oxygen atoms in total. The Morgan fingerprint density at radius 3 is 3.08 bits per heavy atom. The summed E-state index contributed by atoms with van der Waals surface area (Å²) in [6, 6.07) is 6.76. The molecule has 0 saturated heterocycles. The van der Waals surface area contributed by atoms with Gasteiger partial charge in [-0.2, -0.15) is 0 Å². The summed E-state index contributed by atoms with van der Waals surface area (Å²) in [7, 11) is 0. The summed E-state index contributed by atoms with van der Waals surface area (Å²) in [6.07, 6.45) is 1.01. The summed E-state index contributed by atoms with van der Waals surface area (Å²) in [6.45, 7) is 2.73. The molecule has 0 unspecified atom stereocenters. The minimum atomic E-state index is 0.739. The first-order valence-electron chi connectivity index (χ1n) is 4.14. The summed E-state index contributed by atoms with van der Waals surface area (Å²) in [5, 5.41) is 0.971. The van der Waals surface area contributed by atoms with Gasteiger partial charge in [0.1, 0.15) is 5.75 Å². The number of hydrogen-bond acceptors (Lipinski definition) is 2. The zero-order valence-corrected chi connectivity index (χ0v) is 9.99. The Bertz CT molecular complexity index is 276. The second kappa shape index (κ2) is 5.55. The average molecular weight is 260 g/mol. The molecule has 1 radical (unpaired) electrons. The molecule has 0 amide bonds. The van der Waals surface area contributed by atoms with Crippen molar-refractivity contribution in [2.75, 3.05) is 11.9 Å². The predicted molar refractivity (Wildman–Crippen MR) is 61.2 cm³/mol. The molecule has 1 aromatic rings. The predicted octanol–water partition coefficient (Wildman–Crippen LogP) is 3.25. The highest BCUT2D eigenvalue weighted by Crippen LogP contribution is 2.23. The van der Waals surface area contributed by atoms with Crippen LogP contribution >= 0.6 is 28.6 Å². The van der Waals surface area contributed by atoms with E-state index < -0.39 is 0 Å². The topological polar surface area (TPSA) is 9.23 Å². The van der Waals surface area contributed by atoms with Gasteiger partial charge in [-0.1, -0.05) is 15.9 Å². The molecule has 0 spiro atoms. The van der Waals surface area contributed by atoms with Crippen LogP contribution in [0.15, 0.2) is 17.0 Å². The Hall–Kier alpha value is -0.150. The van der Waals surface area contributed by atoms with Crippen LogP contribution in [-0.2, 0) is 0 Å². The van der Waals surface area contributed by atoms with Gasteiger partial charge in [-0.05, 0) is 31.5 Å². The summed E-state index contributed by atoms with van der Waals surface area (Å²) < 4.78 is 5.56. The maximum atomic E-state index is 5.56. The van der Waals surface area contributed by atoms with E-state index in [0.717, 1.165) is 34.6 Å². The van der Waals surface area contributed by atoms with Crippen LogP contribution in [-0.4, -0.2) is 11.9 Å². The van der Waals surface area contributed by atoms with Gasteiger partial charge in [0.2, 0.25) is 0 Å². The molecule has 0 saturated carbocycles. The summed E-state index contributed by atoms with van der Waals surface area (Å²) in [4.78, 5) is 0.858. The van der Waals surface area contributed by atoms with Crippen molar-refractivity contribution in [2.24, 2.45) is 0 Å². The lowest BCUT2D eigenvalue weighted by molar-refractivity contribution is 0.316. The third kappa shape index (κ3) is 3.24. The van der Waals surface area contributed by atoms with Crippen LogP contribution < -0.4 is 4.74 Å². The monoisotopic (exact) mass is 259 g/mol. The number of benzene rings is 1. The van der Waals surface area contributed by atoms with Gasteiger partial charge in [-0.3, -0.25) is 0 Å². The molecule has 0 N–H and O–H groups in total. The van der Waals surface area contributed by atoms with Gasteiger partial charge in [-0.15, -0.1) is 12.6 Å². The van der Waals surface area contributed by atoms with Crippen LogP contribution in [0.25, 0.3) is 0 Å². The zero-order chi connectivity index (χ0) is 9.68. The van der Waals surface area contributed by atoms with Crippen molar-refractivity contribution in [3.63, 3.8) is 0 Å². The summed E-state index contributed by atoms with van der Waals surface area (Å²) in [5.74, 6) is 0.907. The number of thiol groups is 1. The number of alkyl halides is 1. The summed E-state index contributed by atoms with van der Waals surface area (Å²) >= 11 is 7.62. The van der Waals surface area contributed by atoms with E-state index in [1.165, 1.54) is 0 Å². The number of ether oxygens (including phenoxy) is 1. The largest absolute Gasteiger partial charge is 0.493 e. The standard InChI is InChI=1S/C10H12BrOS/c1-8-9(12-7-3-6-11)4-2-5-10(8)13/h2,4,13H,3,6-7H2,1H3. The van der Waals surface area contributed by atoms with Gasteiger partial charge in [0, 0.05) is 15.8 Å². The van der Waals surface area contributed by atoms with Crippen LogP contribution in [0.3, 0.4) is 0 Å². The van der Waals surface area contributed by atoms with E-state index in [1.54, 1.807) is 0 Å². The SMILES string of the molecule is Cc1c(S)[c]ccc1OCCCBr. The molecular weight excluding hydrogens is 248 g/mol. The van der Waals surface area contributed by atoms with Crippen molar-refractivity contribution in [1.82, 2.24) is 0 Å². The fraction of sp³-hybridized carbons (Fsp3) is 0.400. The Morgan fingerprint density at radius 1 is 1.62 bits per heavy atom. The van der Waals surface area contributed by atoms with E-state index in [9.17, 15) is 0 Å². The average Bonchev–Trinajstić information content (AvgIpc) is 2.13. The van der Waals surface area contributed by atoms with E-state index in [-0.39, 0.29) is 0 Å². The molecule has 0 aliphatic rings. The van der Waals surface area contributed by atoms with Crippen molar-refractivity contribution in [1.29, 1.82) is 0 Å². The number of halogens is 1. The van der Waals surface area contributed by atoms with Gasteiger partial charge in [-0.25, -0.2) is 0 Å². The fourth-order valence-corrected chi connectivity index (χ4v) is 1.35. The van der Waals surface area contributed by atoms with Crippen molar-refractivity contribution < 1.29 is 4.74 Å². The van der Waals surface area contributed by atoms with Crippen LogP contribution in [0.5, 0.6) is 5.75 Å². The van der Waals surface area contributed by atoms with Gasteiger partial charge in [0.05, 0.1) is 6.61 Å². The molecular formula is C10H12BrOS. The van der Waals surface area contributed by atoms with Crippen molar-refractivity contribution in [3.8, 4) is 5.75 Å². The minimum absolute atomic E-state index is 0.739. The Balaban J connectivity index is 2.61. The van der Waals surface area contributed by atoms with Crippen LogP contribution in [0.4, 0.5) is 0 Å². The molecule has 71 valence electrons. The molecule has 13 heavy (non-hydrogen) atoms. The highest BCUT2D eigenvalue weighted by atomic mass is 79.9. The first-order valence-corrected chi connectivity index (χ1v) is 5.71. The van der Waals surface area contributed by atoms with E-state index in [4.69, 9.17) is 4.74 Å². The second-order valence-corrected chi connectivity index (χ2v) is 3.95. The zero-order valence-electron chi connectivity index (χ0n) is 7.51. The molecule has 0 heterocycles. The molecule has 0 atom stereocenters. The first kappa shape index (κ1) is 10.9. The lowest BCUT2D eigenvalue weighted by Crippen LogP contribution is -1.99. The van der Waals surface area contributed by atoms with Gasteiger partial charge >= 0.3 is 0 Å². The van der Waals surface area contributed by atoms with Crippen LogP contribution in [0.2, 0.25) is 0 Å². The normalized spacial score (nSPS) is 10.1. The van der Waals surface area contributed by atoms with Crippen molar-refractivity contribution in [3.05, 3.63) is 23.8 Å². The molecule has 0 aromatic heterocycles. The van der Waals surface area contributed by atoms with E-state index in [1.807, 2.05) is 19.1 Å².